The molecule has 0 bridgehead atoms. The smallest absolute Gasteiger partial charge is 0.0635 e. The minimum absolute atomic E-state index is 0.568. The van der Waals surface area contributed by atoms with Crippen molar-refractivity contribution in [3.8, 4) is 0 Å². The molecule has 3 heteroatoms. The molecule has 0 aromatic rings. The quantitative estimate of drug-likeness (QED) is 0.670. The van der Waals surface area contributed by atoms with Crippen molar-refractivity contribution in [1.82, 2.24) is 10.6 Å². The lowest BCUT2D eigenvalue weighted by Crippen LogP contribution is -2.64. The highest BCUT2D eigenvalue weighted by Gasteiger charge is 2.40. The molecule has 3 fully saturated rings. The summed E-state index contributed by atoms with van der Waals surface area (Å²) in [5, 5.41) is 7.29. The number of hydrogen-bond donors (Lipinski definition) is 2. The molecule has 3 rings (SSSR count). The standard InChI is InChI=1S/C12H22N2O/c1-2-4-9(3-1)10-7-15-8-11-12(10)14-6-5-13-11/h9-14H,1-8H2/t10-,11-,12-/m0/s1. The number of fused-ring (bicyclic) bond motifs is 1. The van der Waals surface area contributed by atoms with Crippen molar-refractivity contribution in [1.29, 1.82) is 0 Å². The van der Waals surface area contributed by atoms with E-state index < -0.39 is 0 Å². The lowest BCUT2D eigenvalue weighted by atomic mass is 9.80. The van der Waals surface area contributed by atoms with Crippen molar-refractivity contribution in [2.24, 2.45) is 11.8 Å². The summed E-state index contributed by atoms with van der Waals surface area (Å²) in [5.74, 6) is 1.68. The lowest BCUT2D eigenvalue weighted by Gasteiger charge is -2.44. The summed E-state index contributed by atoms with van der Waals surface area (Å²) in [5.41, 5.74) is 0. The number of hydrogen-bond acceptors (Lipinski definition) is 3. The molecule has 2 N–H and O–H groups in total. The second-order valence-electron chi connectivity index (χ2n) is 5.29. The van der Waals surface area contributed by atoms with E-state index in [2.05, 4.69) is 10.6 Å². The van der Waals surface area contributed by atoms with E-state index in [1.54, 1.807) is 0 Å². The Morgan fingerprint density at radius 3 is 2.60 bits per heavy atom. The molecule has 86 valence electrons. The topological polar surface area (TPSA) is 33.3 Å². The van der Waals surface area contributed by atoms with Crippen molar-refractivity contribution in [2.75, 3.05) is 26.3 Å². The van der Waals surface area contributed by atoms with Gasteiger partial charge in [0.2, 0.25) is 0 Å². The van der Waals surface area contributed by atoms with E-state index in [1.165, 1.54) is 25.7 Å². The third-order valence-electron chi connectivity index (χ3n) is 4.42. The average molecular weight is 210 g/mol. The third-order valence-corrected chi connectivity index (χ3v) is 4.42. The fourth-order valence-electron chi connectivity index (χ4n) is 3.63. The lowest BCUT2D eigenvalue weighted by molar-refractivity contribution is -0.0221. The van der Waals surface area contributed by atoms with Gasteiger partial charge in [-0.25, -0.2) is 0 Å². The van der Waals surface area contributed by atoms with Gasteiger partial charge in [-0.15, -0.1) is 0 Å². The maximum Gasteiger partial charge on any atom is 0.0635 e. The Hall–Kier alpha value is -0.120. The van der Waals surface area contributed by atoms with Crippen LogP contribution in [0.2, 0.25) is 0 Å². The largest absolute Gasteiger partial charge is 0.379 e. The second kappa shape index (κ2) is 4.40. The summed E-state index contributed by atoms with van der Waals surface area (Å²) in [6, 6.07) is 1.24. The van der Waals surface area contributed by atoms with Crippen LogP contribution in [0.5, 0.6) is 0 Å². The van der Waals surface area contributed by atoms with Crippen LogP contribution in [0.1, 0.15) is 25.7 Å². The number of ether oxygens (including phenoxy) is 1. The van der Waals surface area contributed by atoms with Crippen LogP contribution in [0.25, 0.3) is 0 Å². The minimum Gasteiger partial charge on any atom is -0.379 e. The van der Waals surface area contributed by atoms with Crippen molar-refractivity contribution < 1.29 is 4.74 Å². The van der Waals surface area contributed by atoms with Crippen LogP contribution in [0.3, 0.4) is 0 Å². The van der Waals surface area contributed by atoms with Gasteiger partial charge in [-0.3, -0.25) is 0 Å². The highest BCUT2D eigenvalue weighted by atomic mass is 16.5. The molecular weight excluding hydrogens is 188 g/mol. The van der Waals surface area contributed by atoms with Crippen LogP contribution >= 0.6 is 0 Å². The van der Waals surface area contributed by atoms with Gasteiger partial charge < -0.3 is 15.4 Å². The van der Waals surface area contributed by atoms with Crippen molar-refractivity contribution >= 4 is 0 Å². The third kappa shape index (κ3) is 1.93. The van der Waals surface area contributed by atoms with E-state index in [1.807, 2.05) is 0 Å². The average Bonchev–Trinajstić information content (AvgIpc) is 2.82. The van der Waals surface area contributed by atoms with Crippen LogP contribution in [-0.4, -0.2) is 38.4 Å². The van der Waals surface area contributed by atoms with E-state index in [4.69, 9.17) is 4.74 Å². The summed E-state index contributed by atoms with van der Waals surface area (Å²) in [6.45, 7) is 4.12. The molecule has 0 aromatic heterocycles. The summed E-state index contributed by atoms with van der Waals surface area (Å²) < 4.78 is 5.76. The van der Waals surface area contributed by atoms with Gasteiger partial charge in [0.1, 0.15) is 0 Å². The normalized spacial score (nSPS) is 42.8. The summed E-state index contributed by atoms with van der Waals surface area (Å²) >= 11 is 0. The second-order valence-corrected chi connectivity index (χ2v) is 5.29. The zero-order valence-electron chi connectivity index (χ0n) is 9.37. The molecule has 15 heavy (non-hydrogen) atoms. The van der Waals surface area contributed by atoms with Crippen LogP contribution in [0.4, 0.5) is 0 Å². The van der Waals surface area contributed by atoms with E-state index in [0.717, 1.165) is 38.1 Å². The molecule has 0 unspecified atom stereocenters. The van der Waals surface area contributed by atoms with Crippen molar-refractivity contribution in [2.45, 2.75) is 37.8 Å². The Kier molecular flexibility index (Phi) is 2.95. The molecule has 0 aromatic carbocycles. The zero-order chi connectivity index (χ0) is 10.1. The molecule has 0 radical (unpaired) electrons. The molecule has 0 amide bonds. The Morgan fingerprint density at radius 2 is 1.73 bits per heavy atom. The maximum absolute atomic E-state index is 5.76. The van der Waals surface area contributed by atoms with Crippen molar-refractivity contribution in [3.63, 3.8) is 0 Å². The first-order valence-corrected chi connectivity index (χ1v) is 6.49. The Balaban J connectivity index is 1.69. The predicted molar refractivity (Wildman–Crippen MR) is 59.8 cm³/mol. The van der Waals surface area contributed by atoms with Crippen LogP contribution < -0.4 is 10.6 Å². The molecular formula is C12H22N2O. The highest BCUT2D eigenvalue weighted by Crippen LogP contribution is 2.36. The van der Waals surface area contributed by atoms with Gasteiger partial charge in [-0.05, 0) is 5.92 Å². The van der Waals surface area contributed by atoms with Gasteiger partial charge in [0.25, 0.3) is 0 Å². The SMILES string of the molecule is C1CCC([C@@H]2COC[C@@H]3NCCN[C@H]32)C1. The predicted octanol–water partition coefficient (Wildman–Crippen LogP) is 0.753. The van der Waals surface area contributed by atoms with Gasteiger partial charge in [-0.1, -0.05) is 25.7 Å². The zero-order valence-corrected chi connectivity index (χ0v) is 9.37. The molecule has 3 nitrogen and oxygen atoms in total. The Bertz CT molecular complexity index is 214. The summed E-state index contributed by atoms with van der Waals surface area (Å²) in [4.78, 5) is 0. The molecule has 1 aliphatic carbocycles. The molecule has 2 saturated heterocycles. The first kappa shape index (κ1) is 10.1. The monoisotopic (exact) mass is 210 g/mol. The minimum atomic E-state index is 0.568. The number of nitrogens with one attached hydrogen (secondary N) is 2. The summed E-state index contributed by atoms with van der Waals surface area (Å²) in [7, 11) is 0. The van der Waals surface area contributed by atoms with Gasteiger partial charge in [0.15, 0.2) is 0 Å². The van der Waals surface area contributed by atoms with Crippen LogP contribution in [0, 0.1) is 11.8 Å². The van der Waals surface area contributed by atoms with Crippen LogP contribution in [0.15, 0.2) is 0 Å². The van der Waals surface area contributed by atoms with Gasteiger partial charge in [0, 0.05) is 31.1 Å². The van der Waals surface area contributed by atoms with Gasteiger partial charge in [0.05, 0.1) is 13.2 Å². The summed E-state index contributed by atoms with van der Waals surface area (Å²) in [6.07, 6.45) is 5.73. The van der Waals surface area contributed by atoms with E-state index >= 15 is 0 Å². The number of piperazine rings is 1. The van der Waals surface area contributed by atoms with Crippen LogP contribution in [-0.2, 0) is 4.74 Å². The molecule has 2 heterocycles. The first-order chi connectivity index (χ1) is 7.45. The molecule has 1 saturated carbocycles. The van der Waals surface area contributed by atoms with E-state index in [0.29, 0.717) is 12.1 Å². The molecule has 2 aliphatic heterocycles. The first-order valence-electron chi connectivity index (χ1n) is 6.49. The number of rotatable bonds is 1. The Morgan fingerprint density at radius 1 is 0.933 bits per heavy atom. The fourth-order valence-corrected chi connectivity index (χ4v) is 3.63. The highest BCUT2D eigenvalue weighted by molar-refractivity contribution is 4.97. The molecule has 3 aliphatic rings. The van der Waals surface area contributed by atoms with Crippen molar-refractivity contribution in [3.05, 3.63) is 0 Å². The molecule has 3 atom stereocenters. The Labute approximate surface area is 91.9 Å². The van der Waals surface area contributed by atoms with Gasteiger partial charge >= 0.3 is 0 Å². The molecule has 0 spiro atoms. The maximum atomic E-state index is 5.76. The van der Waals surface area contributed by atoms with E-state index in [-0.39, 0.29) is 0 Å². The van der Waals surface area contributed by atoms with E-state index in [9.17, 15) is 0 Å². The van der Waals surface area contributed by atoms with Gasteiger partial charge in [-0.2, -0.15) is 0 Å². The fraction of sp³-hybridized carbons (Fsp3) is 1.00.